The first-order chi connectivity index (χ1) is 10.6. The quantitative estimate of drug-likeness (QED) is 0.596. The Bertz CT molecular complexity index is 866. The van der Waals surface area contributed by atoms with Crippen LogP contribution in [0.5, 0.6) is 0 Å². The van der Waals surface area contributed by atoms with E-state index in [1.807, 2.05) is 29.0 Å². The Morgan fingerprint density at radius 2 is 1.86 bits per heavy atom. The smallest absolute Gasteiger partial charge is 0.269 e. The maximum Gasteiger partial charge on any atom is 0.269 e. The number of hydrogen-bond donors (Lipinski definition) is 1. The minimum atomic E-state index is -0.423. The molecule has 0 unspecified atom stereocenters. The third-order valence-corrected chi connectivity index (χ3v) is 3.52. The van der Waals surface area contributed by atoms with E-state index in [1.54, 1.807) is 25.2 Å². The number of nitro benzene ring substituents is 1. The molecule has 0 fully saturated rings. The van der Waals surface area contributed by atoms with Crippen LogP contribution in [0.4, 0.5) is 5.69 Å². The van der Waals surface area contributed by atoms with Crippen molar-refractivity contribution < 1.29 is 9.72 Å². The lowest BCUT2D eigenvalue weighted by molar-refractivity contribution is -0.384. The summed E-state index contributed by atoms with van der Waals surface area (Å²) in [6, 6.07) is 13.7. The van der Waals surface area contributed by atoms with E-state index in [0.29, 0.717) is 5.56 Å². The molecule has 0 bridgehead atoms. The van der Waals surface area contributed by atoms with Gasteiger partial charge in [-0.3, -0.25) is 14.9 Å². The number of non-ortho nitro benzene ring substituents is 1. The van der Waals surface area contributed by atoms with Crippen molar-refractivity contribution >= 4 is 22.5 Å². The van der Waals surface area contributed by atoms with Crippen LogP contribution < -0.4 is 5.32 Å². The lowest BCUT2D eigenvalue weighted by Crippen LogP contribution is -2.17. The minimum absolute atomic E-state index is 0.0575. The zero-order chi connectivity index (χ0) is 15.7. The molecule has 1 heterocycles. The van der Waals surface area contributed by atoms with Crippen LogP contribution in [0.2, 0.25) is 0 Å². The molecule has 1 aromatic heterocycles. The lowest BCUT2D eigenvalue weighted by atomic mass is 10.1. The fourth-order valence-corrected chi connectivity index (χ4v) is 2.39. The molecule has 0 aliphatic rings. The van der Waals surface area contributed by atoms with Crippen molar-refractivity contribution in [3.8, 4) is 5.69 Å². The molecule has 0 atom stereocenters. The number of carbonyl (C=O) groups excluding carboxylic acids is 1. The van der Waals surface area contributed by atoms with Crippen LogP contribution in [0.15, 0.2) is 54.7 Å². The molecule has 0 spiro atoms. The Morgan fingerprint density at radius 3 is 2.50 bits per heavy atom. The van der Waals surface area contributed by atoms with E-state index in [9.17, 15) is 14.9 Å². The number of rotatable bonds is 3. The van der Waals surface area contributed by atoms with E-state index in [4.69, 9.17) is 0 Å². The molecule has 3 aromatic rings. The highest BCUT2D eigenvalue weighted by Gasteiger charge is 2.09. The maximum absolute atomic E-state index is 11.7. The highest BCUT2D eigenvalue weighted by molar-refractivity contribution is 5.98. The molecule has 0 aliphatic heterocycles. The van der Waals surface area contributed by atoms with Crippen LogP contribution >= 0.6 is 0 Å². The molecule has 6 heteroatoms. The summed E-state index contributed by atoms with van der Waals surface area (Å²) in [5.41, 5.74) is 2.41. The summed E-state index contributed by atoms with van der Waals surface area (Å²) in [5, 5.41) is 14.2. The monoisotopic (exact) mass is 295 g/mol. The van der Waals surface area contributed by atoms with E-state index in [2.05, 4.69) is 5.32 Å². The third-order valence-electron chi connectivity index (χ3n) is 3.52. The molecule has 0 saturated heterocycles. The minimum Gasteiger partial charge on any atom is -0.355 e. The second-order valence-corrected chi connectivity index (χ2v) is 4.81. The van der Waals surface area contributed by atoms with Gasteiger partial charge in [-0.15, -0.1) is 0 Å². The van der Waals surface area contributed by atoms with Crippen molar-refractivity contribution in [2.45, 2.75) is 0 Å². The molecule has 1 N–H and O–H groups in total. The highest BCUT2D eigenvalue weighted by Crippen LogP contribution is 2.23. The van der Waals surface area contributed by atoms with Gasteiger partial charge in [-0.2, -0.15) is 0 Å². The largest absolute Gasteiger partial charge is 0.355 e. The van der Waals surface area contributed by atoms with Crippen LogP contribution in [-0.4, -0.2) is 22.4 Å². The third kappa shape index (κ3) is 2.31. The number of nitrogens with zero attached hydrogens (tertiary/aromatic N) is 2. The van der Waals surface area contributed by atoms with Gasteiger partial charge in [-0.1, -0.05) is 0 Å². The Balaban J connectivity index is 2.04. The molecule has 0 saturated carbocycles. The van der Waals surface area contributed by atoms with Crippen molar-refractivity contribution in [3.63, 3.8) is 0 Å². The first-order valence-corrected chi connectivity index (χ1v) is 6.68. The number of carbonyl (C=O) groups is 1. The number of benzene rings is 2. The normalized spacial score (nSPS) is 10.6. The lowest BCUT2D eigenvalue weighted by Gasteiger charge is -2.06. The van der Waals surface area contributed by atoms with E-state index >= 15 is 0 Å². The zero-order valence-electron chi connectivity index (χ0n) is 11.8. The Hall–Kier alpha value is -3.15. The number of hydrogen-bond acceptors (Lipinski definition) is 3. The van der Waals surface area contributed by atoms with Crippen LogP contribution in [-0.2, 0) is 0 Å². The van der Waals surface area contributed by atoms with Gasteiger partial charge in [0, 0.05) is 42.0 Å². The van der Waals surface area contributed by atoms with Crippen molar-refractivity contribution in [1.82, 2.24) is 9.88 Å². The first-order valence-electron chi connectivity index (χ1n) is 6.68. The number of nitrogens with one attached hydrogen (secondary N) is 1. The fraction of sp³-hybridized carbons (Fsp3) is 0.0625. The summed E-state index contributed by atoms with van der Waals surface area (Å²) in [6.45, 7) is 0. The predicted molar refractivity (Wildman–Crippen MR) is 83.3 cm³/mol. The first kappa shape index (κ1) is 13.8. The number of fused-ring (bicyclic) bond motifs is 1. The Labute approximate surface area is 126 Å². The van der Waals surface area contributed by atoms with Crippen LogP contribution in [0.1, 0.15) is 10.4 Å². The molecule has 2 aromatic carbocycles. The van der Waals surface area contributed by atoms with Crippen molar-refractivity contribution in [1.29, 1.82) is 0 Å². The molecule has 22 heavy (non-hydrogen) atoms. The van der Waals surface area contributed by atoms with Crippen molar-refractivity contribution in [2.75, 3.05) is 7.05 Å². The number of nitro groups is 1. The van der Waals surface area contributed by atoms with E-state index < -0.39 is 4.92 Å². The average molecular weight is 295 g/mol. The van der Waals surface area contributed by atoms with Gasteiger partial charge in [0.15, 0.2) is 0 Å². The van der Waals surface area contributed by atoms with Gasteiger partial charge >= 0.3 is 0 Å². The van der Waals surface area contributed by atoms with Crippen LogP contribution in [0, 0.1) is 10.1 Å². The standard InChI is InChI=1S/C16H13N3O3/c1-17-16(20)12-2-7-15-11(10-12)8-9-18(15)13-3-5-14(6-4-13)19(21)22/h2-10H,1H3,(H,17,20). The number of amides is 1. The molecular weight excluding hydrogens is 282 g/mol. The summed E-state index contributed by atoms with van der Waals surface area (Å²) in [6.07, 6.45) is 1.87. The van der Waals surface area contributed by atoms with Gasteiger partial charge in [0.1, 0.15) is 0 Å². The van der Waals surface area contributed by atoms with Gasteiger partial charge in [-0.05, 0) is 36.4 Å². The molecule has 3 rings (SSSR count). The molecule has 110 valence electrons. The molecule has 0 aliphatic carbocycles. The number of aromatic nitrogens is 1. The van der Waals surface area contributed by atoms with Gasteiger partial charge in [0.05, 0.1) is 10.4 Å². The topological polar surface area (TPSA) is 77.2 Å². The molecule has 1 amide bonds. The van der Waals surface area contributed by atoms with Crippen molar-refractivity contribution in [2.24, 2.45) is 0 Å². The van der Waals surface area contributed by atoms with Gasteiger partial charge in [-0.25, -0.2) is 0 Å². The van der Waals surface area contributed by atoms with E-state index in [0.717, 1.165) is 16.6 Å². The maximum atomic E-state index is 11.7. The predicted octanol–water partition coefficient (Wildman–Crippen LogP) is 2.90. The molecular formula is C16H13N3O3. The Morgan fingerprint density at radius 1 is 1.14 bits per heavy atom. The molecule has 0 radical (unpaired) electrons. The van der Waals surface area contributed by atoms with E-state index in [-0.39, 0.29) is 11.6 Å². The summed E-state index contributed by atoms with van der Waals surface area (Å²) in [7, 11) is 1.59. The SMILES string of the molecule is CNC(=O)c1ccc2c(ccn2-c2ccc([N+](=O)[O-])cc2)c1. The molecule has 6 nitrogen and oxygen atoms in total. The van der Waals surface area contributed by atoms with E-state index in [1.165, 1.54) is 12.1 Å². The summed E-state index contributed by atoms with van der Waals surface area (Å²) >= 11 is 0. The fourth-order valence-electron chi connectivity index (χ4n) is 2.39. The zero-order valence-corrected chi connectivity index (χ0v) is 11.8. The van der Waals surface area contributed by atoms with Gasteiger partial charge in [0.2, 0.25) is 0 Å². The van der Waals surface area contributed by atoms with Gasteiger partial charge in [0.25, 0.3) is 11.6 Å². The summed E-state index contributed by atoms with van der Waals surface area (Å²) < 4.78 is 1.92. The Kier molecular flexibility index (Phi) is 3.34. The summed E-state index contributed by atoms with van der Waals surface area (Å²) in [4.78, 5) is 21.9. The van der Waals surface area contributed by atoms with Gasteiger partial charge < -0.3 is 9.88 Å². The van der Waals surface area contributed by atoms with Crippen LogP contribution in [0.25, 0.3) is 16.6 Å². The summed E-state index contributed by atoms with van der Waals surface area (Å²) in [5.74, 6) is -0.134. The average Bonchev–Trinajstić information content (AvgIpc) is 2.97. The highest BCUT2D eigenvalue weighted by atomic mass is 16.6. The van der Waals surface area contributed by atoms with Crippen LogP contribution in [0.3, 0.4) is 0 Å². The van der Waals surface area contributed by atoms with Crippen molar-refractivity contribution in [3.05, 3.63) is 70.4 Å². The second kappa shape index (κ2) is 5.33. The second-order valence-electron chi connectivity index (χ2n) is 4.81.